The van der Waals surface area contributed by atoms with Gasteiger partial charge in [0.1, 0.15) is 0 Å². The van der Waals surface area contributed by atoms with Crippen molar-refractivity contribution in [3.05, 3.63) is 0 Å². The highest BCUT2D eigenvalue weighted by Gasteiger charge is 2.40. The first kappa shape index (κ1) is 15.7. The molecule has 90 valence electrons. The SMILES string of the molecule is C[Si](C)O[Si](C)(O[Si](C)C)O[Si](C)(C)C. The third kappa shape index (κ3) is 8.54. The van der Waals surface area contributed by atoms with E-state index in [1.165, 1.54) is 0 Å². The Morgan fingerprint density at radius 3 is 1.27 bits per heavy atom. The van der Waals surface area contributed by atoms with Crippen molar-refractivity contribution in [3.63, 3.8) is 0 Å². The van der Waals surface area contributed by atoms with Gasteiger partial charge in [0.25, 0.3) is 0 Å². The molecule has 0 aromatic rings. The summed E-state index contributed by atoms with van der Waals surface area (Å²) in [7, 11) is -5.46. The Hall–Kier alpha value is 0.748. The van der Waals surface area contributed by atoms with E-state index in [2.05, 4.69) is 45.8 Å². The first-order valence-corrected chi connectivity index (χ1v) is 15.7. The fourth-order valence-corrected chi connectivity index (χ4v) is 13.4. The summed E-state index contributed by atoms with van der Waals surface area (Å²) < 4.78 is 18.1. The van der Waals surface area contributed by atoms with Gasteiger partial charge in [-0.3, -0.25) is 0 Å². The molecule has 0 aromatic carbocycles. The van der Waals surface area contributed by atoms with Crippen molar-refractivity contribution in [2.75, 3.05) is 0 Å². The van der Waals surface area contributed by atoms with E-state index < -0.39 is 35.2 Å². The highest BCUT2D eigenvalue weighted by atomic mass is 28.5. The van der Waals surface area contributed by atoms with Crippen LogP contribution in [0.5, 0.6) is 0 Å². The molecule has 0 saturated heterocycles. The molecule has 0 amide bonds. The lowest BCUT2D eigenvalue weighted by atomic mass is 11.8. The third-order valence-corrected chi connectivity index (χ3v) is 11.4. The minimum Gasteiger partial charge on any atom is -0.417 e. The van der Waals surface area contributed by atoms with Crippen LogP contribution in [0.15, 0.2) is 0 Å². The normalized spacial score (nSPS) is 14.0. The molecule has 0 unspecified atom stereocenters. The maximum Gasteiger partial charge on any atom is 0.466 e. The van der Waals surface area contributed by atoms with Crippen LogP contribution in [-0.4, -0.2) is 35.2 Å². The Balaban J connectivity index is 4.54. The highest BCUT2D eigenvalue weighted by Crippen LogP contribution is 2.18. The fourth-order valence-electron chi connectivity index (χ4n) is 1.36. The van der Waals surface area contributed by atoms with Crippen LogP contribution in [0, 0.1) is 0 Å². The van der Waals surface area contributed by atoms with Gasteiger partial charge in [-0.2, -0.15) is 0 Å². The molecule has 0 spiro atoms. The summed E-state index contributed by atoms with van der Waals surface area (Å²) in [5, 5.41) is 0. The van der Waals surface area contributed by atoms with Crippen molar-refractivity contribution in [1.29, 1.82) is 0 Å². The Morgan fingerprint density at radius 2 is 1.07 bits per heavy atom. The predicted octanol–water partition coefficient (Wildman–Crippen LogP) is 2.94. The van der Waals surface area contributed by atoms with Gasteiger partial charge in [-0.25, -0.2) is 0 Å². The molecular weight excluding hydrogens is 256 g/mol. The monoisotopic (exact) mass is 280 g/mol. The van der Waals surface area contributed by atoms with E-state index in [-0.39, 0.29) is 0 Å². The average Bonchev–Trinajstić information content (AvgIpc) is 1.73. The summed E-state index contributed by atoms with van der Waals surface area (Å²) in [6, 6.07) is 0. The Labute approximate surface area is 100 Å². The Kier molecular flexibility index (Phi) is 6.19. The summed E-state index contributed by atoms with van der Waals surface area (Å²) in [5.74, 6) is 0. The Bertz CT molecular complexity index is 181. The van der Waals surface area contributed by atoms with Crippen LogP contribution < -0.4 is 0 Å². The molecule has 15 heavy (non-hydrogen) atoms. The smallest absolute Gasteiger partial charge is 0.417 e. The van der Waals surface area contributed by atoms with Gasteiger partial charge in [0, 0.05) is 6.55 Å². The van der Waals surface area contributed by atoms with Gasteiger partial charge in [-0.1, -0.05) is 0 Å². The largest absolute Gasteiger partial charge is 0.466 e. The van der Waals surface area contributed by atoms with Crippen LogP contribution in [0.4, 0.5) is 0 Å². The van der Waals surface area contributed by atoms with E-state index in [0.717, 1.165) is 0 Å². The lowest BCUT2D eigenvalue weighted by Crippen LogP contribution is -2.53. The van der Waals surface area contributed by atoms with E-state index >= 15 is 0 Å². The van der Waals surface area contributed by atoms with E-state index in [1.54, 1.807) is 0 Å². The average molecular weight is 281 g/mol. The Morgan fingerprint density at radius 1 is 0.733 bits per heavy atom. The molecule has 0 aliphatic heterocycles. The summed E-state index contributed by atoms with van der Waals surface area (Å²) in [6.07, 6.45) is 0. The lowest BCUT2D eigenvalue weighted by molar-refractivity contribution is 0.274. The minimum atomic E-state index is -2.36. The number of hydrogen-bond acceptors (Lipinski definition) is 3. The molecule has 0 rings (SSSR count). The molecule has 0 aliphatic carbocycles. The zero-order chi connectivity index (χ0) is 12.3. The van der Waals surface area contributed by atoms with Gasteiger partial charge >= 0.3 is 8.80 Å². The quantitative estimate of drug-likeness (QED) is 0.700. The van der Waals surface area contributed by atoms with Gasteiger partial charge in [-0.05, 0) is 45.8 Å². The van der Waals surface area contributed by atoms with Crippen LogP contribution in [0.1, 0.15) is 0 Å². The molecule has 7 heteroatoms. The maximum absolute atomic E-state index is 6.13. The summed E-state index contributed by atoms with van der Waals surface area (Å²) >= 11 is 0. The molecule has 2 radical (unpaired) electrons. The molecule has 0 saturated carbocycles. The van der Waals surface area contributed by atoms with Gasteiger partial charge < -0.3 is 12.3 Å². The van der Waals surface area contributed by atoms with Crippen molar-refractivity contribution in [2.24, 2.45) is 0 Å². The van der Waals surface area contributed by atoms with Crippen molar-refractivity contribution in [2.45, 2.75) is 52.4 Å². The molecule has 0 aromatic heterocycles. The highest BCUT2D eigenvalue weighted by molar-refractivity contribution is 6.84. The fraction of sp³-hybridized carbons (Fsp3) is 1.00. The van der Waals surface area contributed by atoms with Crippen LogP contribution >= 0.6 is 0 Å². The number of rotatable bonds is 6. The molecular formula is C8H24O3Si4. The first-order valence-electron chi connectivity index (χ1n) is 5.22. The van der Waals surface area contributed by atoms with E-state index in [4.69, 9.17) is 12.3 Å². The van der Waals surface area contributed by atoms with E-state index in [1.807, 2.05) is 6.55 Å². The third-order valence-electron chi connectivity index (χ3n) is 1.27. The van der Waals surface area contributed by atoms with Gasteiger partial charge in [0.05, 0.1) is 0 Å². The zero-order valence-corrected chi connectivity index (χ0v) is 15.2. The van der Waals surface area contributed by atoms with Crippen LogP contribution in [0.2, 0.25) is 52.4 Å². The topological polar surface area (TPSA) is 27.7 Å². The van der Waals surface area contributed by atoms with Crippen LogP contribution in [-0.2, 0) is 12.3 Å². The van der Waals surface area contributed by atoms with Crippen molar-refractivity contribution in [1.82, 2.24) is 0 Å². The van der Waals surface area contributed by atoms with E-state index in [9.17, 15) is 0 Å². The first-order chi connectivity index (χ1) is 6.54. The summed E-state index contributed by atoms with van der Waals surface area (Å²) in [6.45, 7) is 17.1. The molecule has 0 heterocycles. The van der Waals surface area contributed by atoms with Crippen LogP contribution in [0.3, 0.4) is 0 Å². The molecule has 0 N–H and O–H groups in total. The van der Waals surface area contributed by atoms with Gasteiger partial charge in [-0.15, -0.1) is 0 Å². The van der Waals surface area contributed by atoms with Gasteiger partial charge in [0.2, 0.25) is 0 Å². The summed E-state index contributed by atoms with van der Waals surface area (Å²) in [5.41, 5.74) is 0. The molecule has 3 nitrogen and oxygen atoms in total. The molecule has 0 fully saturated rings. The standard InChI is InChI=1S/C8H24O3Si4/c1-12(2)9-15(8,10-13(3)4)11-14(5,6)7/h1-8H3. The second-order valence-electron chi connectivity index (χ2n) is 5.10. The maximum atomic E-state index is 6.13. The predicted molar refractivity (Wildman–Crippen MR) is 73.2 cm³/mol. The summed E-state index contributed by atoms with van der Waals surface area (Å²) in [4.78, 5) is 0. The minimum absolute atomic E-state index is 0.758. The van der Waals surface area contributed by atoms with Crippen molar-refractivity contribution in [3.8, 4) is 0 Å². The van der Waals surface area contributed by atoms with Gasteiger partial charge in [0.15, 0.2) is 26.4 Å². The number of hydrogen-bond donors (Lipinski definition) is 0. The van der Waals surface area contributed by atoms with Crippen LogP contribution in [0.25, 0.3) is 0 Å². The second-order valence-corrected chi connectivity index (χ2v) is 17.1. The molecule has 0 bridgehead atoms. The second kappa shape index (κ2) is 5.89. The lowest BCUT2D eigenvalue weighted by Gasteiger charge is -2.35. The zero-order valence-electron chi connectivity index (χ0n) is 11.2. The molecule has 0 atom stereocenters. The van der Waals surface area contributed by atoms with Crippen molar-refractivity contribution < 1.29 is 12.3 Å². The van der Waals surface area contributed by atoms with E-state index in [0.29, 0.717) is 0 Å². The van der Waals surface area contributed by atoms with Crippen molar-refractivity contribution >= 4 is 35.2 Å². The molecule has 0 aliphatic rings.